The average Bonchev–Trinajstić information content (AvgIpc) is 3.36. The number of Topliss-reactive ketones (excluding diaryl/α,β-unsaturated/α-hetero) is 1. The minimum atomic E-state index is 0.0692. The summed E-state index contributed by atoms with van der Waals surface area (Å²) in [5.41, 5.74) is 4.24. The number of rotatable bonds is 7. The first-order valence-electron chi connectivity index (χ1n) is 11.2. The molecule has 0 saturated carbocycles. The van der Waals surface area contributed by atoms with Crippen molar-refractivity contribution in [3.63, 3.8) is 0 Å². The Labute approximate surface area is 183 Å². The number of aliphatic imine (C=N–C) groups is 1. The lowest BCUT2D eigenvalue weighted by molar-refractivity contribution is -0.119. The van der Waals surface area contributed by atoms with Crippen LogP contribution in [0.25, 0.3) is 0 Å². The van der Waals surface area contributed by atoms with Gasteiger partial charge in [0.05, 0.1) is 25.4 Å². The van der Waals surface area contributed by atoms with Crippen molar-refractivity contribution in [2.45, 2.75) is 50.4 Å². The number of fused-ring (bicyclic) bond motifs is 3. The van der Waals surface area contributed by atoms with Crippen molar-refractivity contribution < 1.29 is 14.3 Å². The summed E-state index contributed by atoms with van der Waals surface area (Å²) in [6, 6.07) is 12.2. The van der Waals surface area contributed by atoms with E-state index in [1.807, 2.05) is 24.4 Å². The number of ketones is 1. The molecular weight excluding hydrogens is 390 g/mol. The highest BCUT2D eigenvalue weighted by molar-refractivity contribution is 6.02. The fraction of sp³-hybridized carbons (Fsp3) is 0.480. The van der Waals surface area contributed by atoms with Gasteiger partial charge in [0.15, 0.2) is 0 Å². The van der Waals surface area contributed by atoms with Crippen molar-refractivity contribution in [1.29, 1.82) is 0 Å². The lowest BCUT2D eigenvalue weighted by Gasteiger charge is -2.33. The number of morpholine rings is 1. The van der Waals surface area contributed by atoms with Crippen molar-refractivity contribution in [2.24, 2.45) is 4.99 Å². The van der Waals surface area contributed by atoms with Gasteiger partial charge in [0.25, 0.3) is 0 Å². The predicted octanol–water partition coefficient (Wildman–Crippen LogP) is 3.14. The minimum Gasteiger partial charge on any atom is -0.384 e. The van der Waals surface area contributed by atoms with Crippen LogP contribution in [0.5, 0.6) is 0 Å². The molecule has 31 heavy (non-hydrogen) atoms. The second-order valence-electron chi connectivity index (χ2n) is 8.82. The molecule has 0 spiro atoms. The van der Waals surface area contributed by atoms with E-state index in [-0.39, 0.29) is 11.7 Å². The first kappa shape index (κ1) is 20.3. The number of amidine groups is 1. The summed E-state index contributed by atoms with van der Waals surface area (Å²) < 4.78 is 11.3. The molecule has 2 unspecified atom stereocenters. The Morgan fingerprint density at radius 3 is 2.74 bits per heavy atom. The molecule has 3 atom stereocenters. The van der Waals surface area contributed by atoms with Gasteiger partial charge in [0.2, 0.25) is 0 Å². The summed E-state index contributed by atoms with van der Waals surface area (Å²) >= 11 is 0. The van der Waals surface area contributed by atoms with Gasteiger partial charge in [0, 0.05) is 56.4 Å². The molecule has 0 aliphatic carbocycles. The predicted molar refractivity (Wildman–Crippen MR) is 118 cm³/mol. The molecule has 0 radical (unpaired) electrons. The Kier molecular flexibility index (Phi) is 5.83. The maximum atomic E-state index is 12.8. The molecule has 6 heteroatoms. The molecule has 1 aromatic heterocycles. The molecule has 2 fully saturated rings. The molecule has 1 aromatic carbocycles. The third-order valence-corrected chi connectivity index (χ3v) is 6.52. The maximum absolute atomic E-state index is 12.8. The van der Waals surface area contributed by atoms with Crippen LogP contribution >= 0.6 is 0 Å². The first-order valence-corrected chi connectivity index (χ1v) is 11.2. The lowest BCUT2D eigenvalue weighted by atomic mass is 9.93. The van der Waals surface area contributed by atoms with Crippen molar-refractivity contribution >= 4 is 11.6 Å². The number of nitrogens with zero attached hydrogens (tertiary/aromatic N) is 3. The van der Waals surface area contributed by atoms with E-state index >= 15 is 0 Å². The highest BCUT2D eigenvalue weighted by Crippen LogP contribution is 2.30. The average molecular weight is 420 g/mol. The summed E-state index contributed by atoms with van der Waals surface area (Å²) in [6.45, 7) is 3.02. The first-order chi connectivity index (χ1) is 15.2. The molecule has 0 N–H and O–H groups in total. The number of aromatic nitrogens is 1. The molecule has 2 aromatic rings. The number of likely N-dealkylation sites (tertiary alicyclic amines) is 1. The SMILES string of the molecule is COC[C@@H](CC(=O)Cc1cc2c(cn1)C(N1CC3CCC(C1)O3)=NC2)c1ccccc1. The van der Waals surface area contributed by atoms with Gasteiger partial charge < -0.3 is 14.4 Å². The Bertz CT molecular complexity index is 963. The van der Waals surface area contributed by atoms with Crippen molar-refractivity contribution in [2.75, 3.05) is 26.8 Å². The van der Waals surface area contributed by atoms with Crippen molar-refractivity contribution in [3.05, 3.63) is 65.0 Å². The van der Waals surface area contributed by atoms with Gasteiger partial charge in [-0.25, -0.2) is 0 Å². The van der Waals surface area contributed by atoms with E-state index in [2.05, 4.69) is 28.1 Å². The van der Waals surface area contributed by atoms with Gasteiger partial charge >= 0.3 is 0 Å². The normalized spacial score (nSPS) is 22.9. The monoisotopic (exact) mass is 419 g/mol. The standard InChI is InChI=1S/C25H29N3O3/c1-30-16-19(17-5-3-2-4-6-17)10-21(29)11-20-9-18-12-27-25(24(18)13-26-20)28-14-22-7-8-23(15-28)31-22/h2-6,9,13,19,22-23H,7-8,10-12,14-16H2,1H3/t19-,22?,23?/m1/s1. The summed E-state index contributed by atoms with van der Waals surface area (Å²) in [7, 11) is 1.68. The summed E-state index contributed by atoms with van der Waals surface area (Å²) in [6.07, 6.45) is 5.67. The third-order valence-electron chi connectivity index (χ3n) is 6.52. The summed E-state index contributed by atoms with van der Waals surface area (Å²) in [5, 5.41) is 0. The number of methoxy groups -OCH3 is 1. The molecule has 3 aliphatic rings. The molecule has 2 saturated heterocycles. The van der Waals surface area contributed by atoms with Gasteiger partial charge in [-0.1, -0.05) is 30.3 Å². The van der Waals surface area contributed by atoms with Crippen LogP contribution in [0.4, 0.5) is 0 Å². The number of benzene rings is 1. The number of hydrogen-bond donors (Lipinski definition) is 0. The third kappa shape index (κ3) is 4.41. The van der Waals surface area contributed by atoms with Crippen LogP contribution in [-0.2, 0) is 27.2 Å². The van der Waals surface area contributed by atoms with Gasteiger partial charge in [-0.05, 0) is 30.0 Å². The lowest BCUT2D eigenvalue weighted by Crippen LogP contribution is -2.45. The zero-order valence-corrected chi connectivity index (χ0v) is 18.0. The molecule has 5 rings (SSSR count). The topological polar surface area (TPSA) is 64.0 Å². The molecule has 3 aliphatic heterocycles. The van der Waals surface area contributed by atoms with E-state index in [0.29, 0.717) is 38.2 Å². The van der Waals surface area contributed by atoms with E-state index in [4.69, 9.17) is 14.5 Å². The smallest absolute Gasteiger partial charge is 0.139 e. The van der Waals surface area contributed by atoms with E-state index in [1.165, 1.54) is 5.56 Å². The molecule has 2 bridgehead atoms. The fourth-order valence-electron chi connectivity index (χ4n) is 5.03. The highest BCUT2D eigenvalue weighted by atomic mass is 16.5. The van der Waals surface area contributed by atoms with E-state index in [0.717, 1.165) is 48.6 Å². The zero-order valence-electron chi connectivity index (χ0n) is 18.0. The fourth-order valence-corrected chi connectivity index (χ4v) is 5.03. The molecular formula is C25H29N3O3. The Hall–Kier alpha value is -2.57. The number of hydrogen-bond acceptors (Lipinski definition) is 6. The van der Waals surface area contributed by atoms with Crippen LogP contribution in [0.1, 0.15) is 47.6 Å². The van der Waals surface area contributed by atoms with E-state index in [1.54, 1.807) is 7.11 Å². The highest BCUT2D eigenvalue weighted by Gasteiger charge is 2.36. The minimum absolute atomic E-state index is 0.0692. The van der Waals surface area contributed by atoms with Crippen LogP contribution in [0.2, 0.25) is 0 Å². The second kappa shape index (κ2) is 8.89. The second-order valence-corrected chi connectivity index (χ2v) is 8.82. The Morgan fingerprint density at radius 2 is 2.00 bits per heavy atom. The van der Waals surface area contributed by atoms with Crippen LogP contribution < -0.4 is 0 Å². The molecule has 162 valence electrons. The molecule has 6 nitrogen and oxygen atoms in total. The van der Waals surface area contributed by atoms with E-state index in [9.17, 15) is 4.79 Å². The molecule has 4 heterocycles. The largest absolute Gasteiger partial charge is 0.384 e. The van der Waals surface area contributed by atoms with Gasteiger partial charge in [0.1, 0.15) is 11.6 Å². The van der Waals surface area contributed by atoms with Crippen LogP contribution in [-0.4, -0.2) is 60.5 Å². The quantitative estimate of drug-likeness (QED) is 0.690. The Morgan fingerprint density at radius 1 is 1.23 bits per heavy atom. The van der Waals surface area contributed by atoms with Gasteiger partial charge in [-0.3, -0.25) is 14.8 Å². The van der Waals surface area contributed by atoms with E-state index < -0.39 is 0 Å². The number of pyridine rings is 1. The number of ether oxygens (including phenoxy) is 2. The Balaban J connectivity index is 1.24. The number of carbonyl (C=O) groups is 1. The van der Waals surface area contributed by atoms with Crippen LogP contribution in [0.3, 0.4) is 0 Å². The van der Waals surface area contributed by atoms with Crippen LogP contribution in [0, 0.1) is 0 Å². The zero-order chi connectivity index (χ0) is 21.2. The maximum Gasteiger partial charge on any atom is 0.139 e. The number of carbonyl (C=O) groups excluding carboxylic acids is 1. The van der Waals surface area contributed by atoms with Crippen molar-refractivity contribution in [3.8, 4) is 0 Å². The molecule has 0 amide bonds. The van der Waals surface area contributed by atoms with Crippen LogP contribution in [0.15, 0.2) is 47.6 Å². The van der Waals surface area contributed by atoms with Gasteiger partial charge in [-0.2, -0.15) is 0 Å². The summed E-state index contributed by atoms with van der Waals surface area (Å²) in [4.78, 5) is 24.6. The van der Waals surface area contributed by atoms with Crippen molar-refractivity contribution in [1.82, 2.24) is 9.88 Å². The summed E-state index contributed by atoms with van der Waals surface area (Å²) in [5.74, 6) is 1.30. The van der Waals surface area contributed by atoms with Gasteiger partial charge in [-0.15, -0.1) is 0 Å².